The van der Waals surface area contributed by atoms with Gasteiger partial charge >= 0.3 is 0 Å². The minimum atomic E-state index is -0.427. The number of allylic oxidation sites excluding steroid dienone is 2. The molecule has 1 N–H and O–H groups in total. The smallest absolute Gasteiger partial charge is 0.172 e. The van der Waals surface area contributed by atoms with E-state index in [-0.39, 0.29) is 29.4 Å². The standard InChI is InChI=1S/C19H23FO3/c1-12-4-5-13(10-16(12)20)9-14-6-7-15(17(21)11-14)19(22)18-3-2-8-23-18/h4-5,10-11,14-15,18,21H,2-3,6-9H2,1H3. The zero-order chi connectivity index (χ0) is 16.4. The normalized spacial score (nSPS) is 27.7. The molecule has 0 spiro atoms. The van der Waals surface area contributed by atoms with Gasteiger partial charge in [-0.1, -0.05) is 12.1 Å². The maximum atomic E-state index is 13.6. The molecule has 0 aromatic heterocycles. The highest BCUT2D eigenvalue weighted by molar-refractivity contribution is 5.87. The molecule has 2 aliphatic rings. The Kier molecular flexibility index (Phi) is 4.81. The Labute approximate surface area is 136 Å². The summed E-state index contributed by atoms with van der Waals surface area (Å²) in [5.41, 5.74) is 1.56. The van der Waals surface area contributed by atoms with Crippen LogP contribution in [0.3, 0.4) is 0 Å². The Morgan fingerprint density at radius 2 is 2.17 bits per heavy atom. The van der Waals surface area contributed by atoms with Crippen molar-refractivity contribution in [3.05, 3.63) is 47.0 Å². The average Bonchev–Trinajstić information content (AvgIpc) is 3.05. The molecule has 1 aliphatic heterocycles. The molecule has 0 saturated carbocycles. The summed E-state index contributed by atoms with van der Waals surface area (Å²) in [6, 6.07) is 5.26. The summed E-state index contributed by atoms with van der Waals surface area (Å²) in [5, 5.41) is 10.3. The maximum absolute atomic E-state index is 13.6. The van der Waals surface area contributed by atoms with Crippen molar-refractivity contribution in [2.24, 2.45) is 11.8 Å². The van der Waals surface area contributed by atoms with Gasteiger partial charge in [0.15, 0.2) is 5.78 Å². The molecule has 1 aromatic carbocycles. The highest BCUT2D eigenvalue weighted by Gasteiger charge is 2.35. The SMILES string of the molecule is Cc1ccc(CC2C=C(O)C(C(=O)C3CCCO3)CC2)cc1F. The van der Waals surface area contributed by atoms with Crippen LogP contribution in [0, 0.1) is 24.6 Å². The third-order valence-electron chi connectivity index (χ3n) is 4.91. The number of halogens is 1. The summed E-state index contributed by atoms with van der Waals surface area (Å²) in [6.45, 7) is 2.38. The van der Waals surface area contributed by atoms with Gasteiger partial charge in [-0.2, -0.15) is 0 Å². The van der Waals surface area contributed by atoms with Crippen molar-refractivity contribution in [3.63, 3.8) is 0 Å². The lowest BCUT2D eigenvalue weighted by Crippen LogP contribution is -2.31. The van der Waals surface area contributed by atoms with Crippen molar-refractivity contribution in [1.29, 1.82) is 0 Å². The summed E-state index contributed by atoms with van der Waals surface area (Å²) in [7, 11) is 0. The fourth-order valence-electron chi connectivity index (χ4n) is 3.51. The van der Waals surface area contributed by atoms with Gasteiger partial charge in [0.2, 0.25) is 0 Å². The molecule has 3 atom stereocenters. The molecule has 23 heavy (non-hydrogen) atoms. The minimum absolute atomic E-state index is 0.0103. The fraction of sp³-hybridized carbons (Fsp3) is 0.526. The molecule has 3 unspecified atom stereocenters. The third-order valence-corrected chi connectivity index (χ3v) is 4.91. The molecule has 3 rings (SSSR count). The van der Waals surface area contributed by atoms with E-state index in [1.54, 1.807) is 25.1 Å². The number of Topliss-reactive ketones (excluding diaryl/α,β-unsaturated/α-hetero) is 1. The van der Waals surface area contributed by atoms with Crippen LogP contribution in [0.4, 0.5) is 4.39 Å². The van der Waals surface area contributed by atoms with Crippen LogP contribution in [0.1, 0.15) is 36.8 Å². The van der Waals surface area contributed by atoms with Gasteiger partial charge in [-0.15, -0.1) is 0 Å². The first kappa shape index (κ1) is 16.2. The van der Waals surface area contributed by atoms with Gasteiger partial charge in [0.05, 0.1) is 11.7 Å². The number of carbonyl (C=O) groups excluding carboxylic acids is 1. The largest absolute Gasteiger partial charge is 0.512 e. The van der Waals surface area contributed by atoms with E-state index in [0.29, 0.717) is 25.0 Å². The summed E-state index contributed by atoms with van der Waals surface area (Å²) < 4.78 is 19.1. The second-order valence-corrected chi connectivity index (χ2v) is 6.67. The van der Waals surface area contributed by atoms with Crippen molar-refractivity contribution in [1.82, 2.24) is 0 Å². The highest BCUT2D eigenvalue weighted by atomic mass is 19.1. The molecule has 0 amide bonds. The number of hydrogen-bond acceptors (Lipinski definition) is 3. The Hall–Kier alpha value is -1.68. The van der Waals surface area contributed by atoms with Crippen molar-refractivity contribution < 1.29 is 19.0 Å². The quantitative estimate of drug-likeness (QED) is 0.916. The molecule has 1 saturated heterocycles. The number of aliphatic hydroxyl groups is 1. The number of rotatable bonds is 4. The summed E-state index contributed by atoms with van der Waals surface area (Å²) in [6.07, 6.45) is 5.24. The van der Waals surface area contributed by atoms with Crippen LogP contribution in [0.5, 0.6) is 0 Å². The first-order valence-corrected chi connectivity index (χ1v) is 8.35. The molecule has 124 valence electrons. The molecule has 3 nitrogen and oxygen atoms in total. The molecule has 1 fully saturated rings. The molecule has 1 heterocycles. The van der Waals surface area contributed by atoms with Crippen LogP contribution in [0.25, 0.3) is 0 Å². The third kappa shape index (κ3) is 3.63. The van der Waals surface area contributed by atoms with E-state index < -0.39 is 5.92 Å². The van der Waals surface area contributed by atoms with E-state index in [1.165, 1.54) is 0 Å². The number of aliphatic hydroxyl groups excluding tert-OH is 1. The average molecular weight is 318 g/mol. The van der Waals surface area contributed by atoms with Crippen LogP contribution < -0.4 is 0 Å². The minimum Gasteiger partial charge on any atom is -0.512 e. The van der Waals surface area contributed by atoms with E-state index in [1.807, 2.05) is 6.07 Å². The predicted molar refractivity (Wildman–Crippen MR) is 85.7 cm³/mol. The topological polar surface area (TPSA) is 46.5 Å². The van der Waals surface area contributed by atoms with Crippen molar-refractivity contribution in [2.75, 3.05) is 6.61 Å². The second kappa shape index (κ2) is 6.83. The van der Waals surface area contributed by atoms with E-state index in [9.17, 15) is 14.3 Å². The monoisotopic (exact) mass is 318 g/mol. The molecule has 1 aromatic rings. The van der Waals surface area contributed by atoms with Crippen molar-refractivity contribution in [2.45, 2.75) is 45.1 Å². The first-order valence-electron chi connectivity index (χ1n) is 8.35. The van der Waals surface area contributed by atoms with Gasteiger partial charge in [0.1, 0.15) is 11.9 Å². The van der Waals surface area contributed by atoms with Gasteiger partial charge in [0.25, 0.3) is 0 Å². The van der Waals surface area contributed by atoms with E-state index >= 15 is 0 Å². The Morgan fingerprint density at radius 3 is 2.83 bits per heavy atom. The van der Waals surface area contributed by atoms with E-state index in [2.05, 4.69) is 0 Å². The first-order chi connectivity index (χ1) is 11.0. The molecule has 1 aliphatic carbocycles. The molecule has 0 radical (unpaired) electrons. The second-order valence-electron chi connectivity index (χ2n) is 6.67. The number of hydrogen-bond donors (Lipinski definition) is 1. The lowest BCUT2D eigenvalue weighted by Gasteiger charge is -2.26. The number of ketones is 1. The summed E-state index contributed by atoms with van der Waals surface area (Å²) in [4.78, 5) is 12.4. The maximum Gasteiger partial charge on any atom is 0.172 e. The zero-order valence-corrected chi connectivity index (χ0v) is 13.4. The Morgan fingerprint density at radius 1 is 1.35 bits per heavy atom. The lowest BCUT2D eigenvalue weighted by atomic mass is 9.80. The molecule has 4 heteroatoms. The summed E-state index contributed by atoms with van der Waals surface area (Å²) in [5.74, 6) is -0.307. The van der Waals surface area contributed by atoms with Gasteiger partial charge in [0, 0.05) is 6.61 Å². The number of carbonyl (C=O) groups is 1. The lowest BCUT2D eigenvalue weighted by molar-refractivity contribution is -0.132. The molecule has 0 bridgehead atoms. The molecular weight excluding hydrogens is 295 g/mol. The van der Waals surface area contributed by atoms with Gasteiger partial charge < -0.3 is 9.84 Å². The van der Waals surface area contributed by atoms with Gasteiger partial charge in [-0.05, 0) is 68.2 Å². The predicted octanol–water partition coefficient (Wildman–Crippen LogP) is 3.89. The fourth-order valence-corrected chi connectivity index (χ4v) is 3.51. The number of ether oxygens (including phenoxy) is 1. The number of benzene rings is 1. The van der Waals surface area contributed by atoms with E-state index in [4.69, 9.17) is 4.74 Å². The van der Waals surface area contributed by atoms with Gasteiger partial charge in [-0.3, -0.25) is 4.79 Å². The Bertz CT molecular complexity index is 617. The van der Waals surface area contributed by atoms with Crippen LogP contribution >= 0.6 is 0 Å². The van der Waals surface area contributed by atoms with Crippen molar-refractivity contribution in [3.8, 4) is 0 Å². The van der Waals surface area contributed by atoms with Crippen LogP contribution in [-0.4, -0.2) is 23.6 Å². The van der Waals surface area contributed by atoms with Crippen LogP contribution in [0.2, 0.25) is 0 Å². The van der Waals surface area contributed by atoms with Crippen LogP contribution in [0.15, 0.2) is 30.0 Å². The molecular formula is C19H23FO3. The zero-order valence-electron chi connectivity index (χ0n) is 13.4. The summed E-state index contributed by atoms with van der Waals surface area (Å²) >= 11 is 0. The van der Waals surface area contributed by atoms with Crippen molar-refractivity contribution >= 4 is 5.78 Å². The van der Waals surface area contributed by atoms with Gasteiger partial charge in [-0.25, -0.2) is 4.39 Å². The van der Waals surface area contributed by atoms with E-state index in [0.717, 1.165) is 24.8 Å². The highest BCUT2D eigenvalue weighted by Crippen LogP contribution is 2.32. The number of aryl methyl sites for hydroxylation is 1. The van der Waals surface area contributed by atoms with Crippen LogP contribution in [-0.2, 0) is 16.0 Å². The Balaban J connectivity index is 1.65.